The molecule has 2 rings (SSSR count). The van der Waals surface area contributed by atoms with Crippen molar-refractivity contribution in [1.29, 1.82) is 0 Å². The van der Waals surface area contributed by atoms with Gasteiger partial charge in [0.15, 0.2) is 0 Å². The van der Waals surface area contributed by atoms with Crippen LogP contribution in [0.25, 0.3) is 0 Å². The van der Waals surface area contributed by atoms with E-state index < -0.39 is 5.79 Å². The summed E-state index contributed by atoms with van der Waals surface area (Å²) >= 11 is 0. The van der Waals surface area contributed by atoms with Crippen molar-refractivity contribution in [2.75, 3.05) is 0 Å². The summed E-state index contributed by atoms with van der Waals surface area (Å²) in [5.41, 5.74) is 1.58. The molecule has 0 spiro atoms. The van der Waals surface area contributed by atoms with Crippen LogP contribution in [0.5, 0.6) is 11.5 Å². The molecule has 1 heterocycles. The number of ether oxygens (including phenoxy) is 2. The second-order valence-electron chi connectivity index (χ2n) is 6.18. The first kappa shape index (κ1) is 13.7. The Balaban J connectivity index is 2.41. The molecule has 104 valence electrons. The molecule has 1 aromatic rings. The first-order chi connectivity index (χ1) is 8.75. The molecule has 19 heavy (non-hydrogen) atoms. The van der Waals surface area contributed by atoms with Crippen molar-refractivity contribution in [2.45, 2.75) is 51.7 Å². The number of phenols is 1. The molecule has 1 aliphatic heterocycles. The zero-order valence-electron chi connectivity index (χ0n) is 11.8. The highest BCUT2D eigenvalue weighted by Gasteiger charge is 2.34. The standard InChI is InChI=1S/C15H20O4/c1-14(2,3)11-8-13-10(7-12(11)17)5-6-15(4,19-13)18-9-16/h7-9,17H,5-6H2,1-4H3. The van der Waals surface area contributed by atoms with Gasteiger partial charge in [0, 0.05) is 18.9 Å². The molecule has 4 nitrogen and oxygen atoms in total. The maximum absolute atomic E-state index is 10.5. The van der Waals surface area contributed by atoms with Crippen LogP contribution in [-0.2, 0) is 21.4 Å². The summed E-state index contributed by atoms with van der Waals surface area (Å²) in [5.74, 6) is 0.0500. The van der Waals surface area contributed by atoms with Crippen LogP contribution in [0, 0.1) is 0 Å². The largest absolute Gasteiger partial charge is 0.508 e. The molecule has 1 N–H and O–H groups in total. The van der Waals surface area contributed by atoms with E-state index in [0.717, 1.165) is 11.1 Å². The average molecular weight is 264 g/mol. The summed E-state index contributed by atoms with van der Waals surface area (Å²) in [4.78, 5) is 10.5. The summed E-state index contributed by atoms with van der Waals surface area (Å²) in [5, 5.41) is 10.1. The Kier molecular flexibility index (Phi) is 3.20. The van der Waals surface area contributed by atoms with Gasteiger partial charge in [-0.3, -0.25) is 4.79 Å². The Hall–Kier alpha value is -1.71. The van der Waals surface area contributed by atoms with Crippen molar-refractivity contribution in [3.05, 3.63) is 23.3 Å². The van der Waals surface area contributed by atoms with E-state index in [1.807, 2.05) is 26.8 Å². The molecular formula is C15H20O4. The SMILES string of the molecule is CC1(OC=O)CCc2cc(O)c(C(C)(C)C)cc2O1. The average Bonchev–Trinajstić information content (AvgIpc) is 2.27. The number of hydrogen-bond donors (Lipinski definition) is 1. The predicted molar refractivity (Wildman–Crippen MR) is 71.3 cm³/mol. The summed E-state index contributed by atoms with van der Waals surface area (Å²) in [7, 11) is 0. The van der Waals surface area contributed by atoms with Gasteiger partial charge in [0.05, 0.1) is 0 Å². The zero-order valence-corrected chi connectivity index (χ0v) is 11.8. The first-order valence-electron chi connectivity index (χ1n) is 6.42. The highest BCUT2D eigenvalue weighted by molar-refractivity contribution is 5.50. The number of phenolic OH excluding ortho intramolecular Hbond substituents is 1. The number of fused-ring (bicyclic) bond motifs is 1. The molecular weight excluding hydrogens is 244 g/mol. The minimum Gasteiger partial charge on any atom is -0.508 e. The second-order valence-corrected chi connectivity index (χ2v) is 6.18. The Morgan fingerprint density at radius 2 is 2.11 bits per heavy atom. The van der Waals surface area contributed by atoms with Crippen molar-refractivity contribution in [2.24, 2.45) is 0 Å². The molecule has 0 aromatic heterocycles. The number of carbonyl (C=O) groups excluding carboxylic acids is 1. The van der Waals surface area contributed by atoms with Gasteiger partial charge >= 0.3 is 0 Å². The summed E-state index contributed by atoms with van der Waals surface area (Å²) in [6.07, 6.45) is 1.28. The quantitative estimate of drug-likeness (QED) is 0.834. The third-order valence-electron chi connectivity index (χ3n) is 3.46. The van der Waals surface area contributed by atoms with Crippen molar-refractivity contribution >= 4 is 6.47 Å². The van der Waals surface area contributed by atoms with Gasteiger partial charge in [0.25, 0.3) is 12.3 Å². The summed E-state index contributed by atoms with van der Waals surface area (Å²) < 4.78 is 10.8. The molecule has 1 aliphatic rings. The highest BCUT2D eigenvalue weighted by Crippen LogP contribution is 2.41. The van der Waals surface area contributed by atoms with E-state index in [1.165, 1.54) is 0 Å². The minimum atomic E-state index is -0.916. The lowest BCUT2D eigenvalue weighted by atomic mass is 9.84. The van der Waals surface area contributed by atoms with Gasteiger partial charge in [-0.05, 0) is 29.5 Å². The number of aromatic hydroxyl groups is 1. The number of hydrogen-bond acceptors (Lipinski definition) is 4. The molecule has 0 radical (unpaired) electrons. The topological polar surface area (TPSA) is 55.8 Å². The van der Waals surface area contributed by atoms with Crippen molar-refractivity contribution in [3.63, 3.8) is 0 Å². The van der Waals surface area contributed by atoms with Crippen LogP contribution in [0.4, 0.5) is 0 Å². The molecule has 0 amide bonds. The molecule has 4 heteroatoms. The van der Waals surface area contributed by atoms with E-state index in [9.17, 15) is 9.90 Å². The van der Waals surface area contributed by atoms with Crippen LogP contribution in [0.3, 0.4) is 0 Å². The van der Waals surface area contributed by atoms with Gasteiger partial charge in [0.1, 0.15) is 11.5 Å². The Labute approximate surface area is 113 Å². The number of rotatable bonds is 2. The van der Waals surface area contributed by atoms with Crippen LogP contribution in [0.15, 0.2) is 12.1 Å². The van der Waals surface area contributed by atoms with Gasteiger partial charge in [-0.15, -0.1) is 0 Å². The van der Waals surface area contributed by atoms with Crippen molar-refractivity contribution in [3.8, 4) is 11.5 Å². The third-order valence-corrected chi connectivity index (χ3v) is 3.46. The van der Waals surface area contributed by atoms with E-state index in [-0.39, 0.29) is 11.2 Å². The van der Waals surface area contributed by atoms with Crippen LogP contribution >= 0.6 is 0 Å². The van der Waals surface area contributed by atoms with Crippen molar-refractivity contribution < 1.29 is 19.4 Å². The van der Waals surface area contributed by atoms with Crippen LogP contribution in [0.1, 0.15) is 45.2 Å². The van der Waals surface area contributed by atoms with E-state index in [1.54, 1.807) is 13.0 Å². The molecule has 0 saturated carbocycles. The maximum atomic E-state index is 10.5. The maximum Gasteiger partial charge on any atom is 0.296 e. The monoisotopic (exact) mass is 264 g/mol. The molecule has 0 aliphatic carbocycles. The van der Waals surface area contributed by atoms with Crippen molar-refractivity contribution in [1.82, 2.24) is 0 Å². The van der Waals surface area contributed by atoms with Crippen LogP contribution < -0.4 is 4.74 Å². The third kappa shape index (κ3) is 2.67. The van der Waals surface area contributed by atoms with E-state index in [0.29, 0.717) is 25.1 Å². The smallest absolute Gasteiger partial charge is 0.296 e. The van der Waals surface area contributed by atoms with E-state index in [4.69, 9.17) is 9.47 Å². The molecule has 1 aromatic carbocycles. The second kappa shape index (κ2) is 4.44. The normalized spacial score (nSPS) is 22.3. The van der Waals surface area contributed by atoms with Gasteiger partial charge in [-0.25, -0.2) is 0 Å². The highest BCUT2D eigenvalue weighted by atomic mass is 16.7. The summed E-state index contributed by atoms with van der Waals surface area (Å²) in [6, 6.07) is 3.59. The lowest BCUT2D eigenvalue weighted by Crippen LogP contribution is -2.39. The van der Waals surface area contributed by atoms with Crippen LogP contribution in [-0.4, -0.2) is 17.4 Å². The fraction of sp³-hybridized carbons (Fsp3) is 0.533. The van der Waals surface area contributed by atoms with Gasteiger partial charge < -0.3 is 14.6 Å². The Morgan fingerprint density at radius 3 is 2.68 bits per heavy atom. The van der Waals surface area contributed by atoms with Gasteiger partial charge in [-0.1, -0.05) is 20.8 Å². The molecule has 0 bridgehead atoms. The summed E-state index contributed by atoms with van der Waals surface area (Å²) in [6.45, 7) is 8.24. The molecule has 0 saturated heterocycles. The number of aryl methyl sites for hydroxylation is 1. The molecule has 1 unspecified atom stereocenters. The number of benzene rings is 1. The van der Waals surface area contributed by atoms with E-state index in [2.05, 4.69) is 0 Å². The Morgan fingerprint density at radius 1 is 1.42 bits per heavy atom. The fourth-order valence-corrected chi connectivity index (χ4v) is 2.33. The minimum absolute atomic E-state index is 0.179. The van der Waals surface area contributed by atoms with Gasteiger partial charge in [0.2, 0.25) is 0 Å². The molecule has 0 fully saturated rings. The zero-order chi connectivity index (χ0) is 14.3. The lowest BCUT2D eigenvalue weighted by molar-refractivity contribution is -0.182. The number of carbonyl (C=O) groups is 1. The molecule has 1 atom stereocenters. The van der Waals surface area contributed by atoms with E-state index >= 15 is 0 Å². The Bertz CT molecular complexity index is 502. The van der Waals surface area contributed by atoms with Gasteiger partial charge in [-0.2, -0.15) is 0 Å². The lowest BCUT2D eigenvalue weighted by Gasteiger charge is -2.34. The first-order valence-corrected chi connectivity index (χ1v) is 6.42. The van der Waals surface area contributed by atoms with Crippen LogP contribution in [0.2, 0.25) is 0 Å². The fourth-order valence-electron chi connectivity index (χ4n) is 2.33. The predicted octanol–water partition coefficient (Wildman–Crippen LogP) is 2.90.